The average Bonchev–Trinajstić information content (AvgIpc) is 2.37. The summed E-state index contributed by atoms with van der Waals surface area (Å²) in [6, 6.07) is 8.79. The van der Waals surface area contributed by atoms with Gasteiger partial charge in [-0.05, 0) is 30.7 Å². The van der Waals surface area contributed by atoms with Gasteiger partial charge in [0.05, 0.1) is 18.2 Å². The number of nitriles is 1. The second kappa shape index (κ2) is 7.02. The van der Waals surface area contributed by atoms with Crippen LogP contribution in [0.3, 0.4) is 0 Å². The van der Waals surface area contributed by atoms with Crippen molar-refractivity contribution in [3.05, 3.63) is 41.5 Å². The van der Waals surface area contributed by atoms with Crippen LogP contribution in [0.25, 0.3) is 6.08 Å². The van der Waals surface area contributed by atoms with Gasteiger partial charge < -0.3 is 4.74 Å². The summed E-state index contributed by atoms with van der Waals surface area (Å²) in [6.45, 7) is 1.96. The van der Waals surface area contributed by atoms with E-state index in [0.29, 0.717) is 5.56 Å². The Morgan fingerprint density at radius 3 is 2.56 bits per heavy atom. The van der Waals surface area contributed by atoms with Gasteiger partial charge >= 0.3 is 5.97 Å². The molecule has 0 aliphatic heterocycles. The summed E-state index contributed by atoms with van der Waals surface area (Å²) < 4.78 is 4.67. The molecule has 0 radical (unpaired) electrons. The van der Waals surface area contributed by atoms with Crippen molar-refractivity contribution in [2.24, 2.45) is 0 Å². The van der Waals surface area contributed by atoms with Crippen molar-refractivity contribution in [1.29, 1.82) is 5.26 Å². The lowest BCUT2D eigenvalue weighted by Crippen LogP contribution is -2.08. The minimum atomic E-state index is -0.521. The van der Waals surface area contributed by atoms with Crippen molar-refractivity contribution in [3.63, 3.8) is 0 Å². The Bertz CT molecular complexity index is 495. The fourth-order valence-electron chi connectivity index (χ4n) is 1.27. The highest BCUT2D eigenvalue weighted by molar-refractivity contribution is 6.03. The molecule has 92 valence electrons. The van der Waals surface area contributed by atoms with E-state index in [1.54, 1.807) is 37.3 Å². The monoisotopic (exact) mass is 243 g/mol. The zero-order valence-electron chi connectivity index (χ0n) is 10.1. The topological polar surface area (TPSA) is 67.2 Å². The number of nitrogens with zero attached hydrogens (tertiary/aromatic N) is 1. The van der Waals surface area contributed by atoms with E-state index >= 15 is 0 Å². The van der Waals surface area contributed by atoms with Crippen LogP contribution >= 0.6 is 0 Å². The Labute approximate surface area is 105 Å². The van der Waals surface area contributed by atoms with E-state index in [2.05, 4.69) is 4.74 Å². The molecule has 0 heterocycles. The summed E-state index contributed by atoms with van der Waals surface area (Å²) in [5, 5.41) is 8.62. The third-order valence-corrected chi connectivity index (χ3v) is 2.13. The molecule has 0 aliphatic rings. The van der Waals surface area contributed by atoms with Gasteiger partial charge in [-0.3, -0.25) is 9.59 Å². The maximum Gasteiger partial charge on any atom is 0.313 e. The second-order valence-corrected chi connectivity index (χ2v) is 3.52. The molecule has 0 saturated carbocycles. The predicted octanol–water partition coefficient (Wildman–Crippen LogP) is 2.09. The van der Waals surface area contributed by atoms with E-state index in [1.165, 1.54) is 6.08 Å². The molecule has 0 unspecified atom stereocenters. The molecule has 0 amide bonds. The molecule has 0 atom stereocenters. The summed E-state index contributed by atoms with van der Waals surface area (Å²) >= 11 is 0. The molecule has 0 bridgehead atoms. The third kappa shape index (κ3) is 4.62. The van der Waals surface area contributed by atoms with Crippen molar-refractivity contribution in [2.45, 2.75) is 13.3 Å². The van der Waals surface area contributed by atoms with Crippen LogP contribution in [-0.2, 0) is 14.3 Å². The van der Waals surface area contributed by atoms with Crippen LogP contribution in [0.2, 0.25) is 0 Å². The molecule has 1 rings (SSSR count). The standard InChI is InChI=1S/C14H13NO3/c1-2-18-14(17)9-13(16)8-7-11-3-5-12(10-15)6-4-11/h3-8H,2,9H2,1H3. The maximum absolute atomic E-state index is 11.4. The molecule has 0 saturated heterocycles. The Hall–Kier alpha value is -2.41. The molecule has 4 heteroatoms. The first-order valence-corrected chi connectivity index (χ1v) is 5.52. The average molecular weight is 243 g/mol. The van der Waals surface area contributed by atoms with E-state index in [-0.39, 0.29) is 18.8 Å². The quantitative estimate of drug-likeness (QED) is 0.451. The van der Waals surface area contributed by atoms with E-state index < -0.39 is 5.97 Å². The zero-order valence-corrected chi connectivity index (χ0v) is 10.1. The number of hydrogen-bond acceptors (Lipinski definition) is 4. The van der Waals surface area contributed by atoms with Gasteiger partial charge in [-0.25, -0.2) is 0 Å². The van der Waals surface area contributed by atoms with E-state index in [9.17, 15) is 9.59 Å². The van der Waals surface area contributed by atoms with Gasteiger partial charge in [0.1, 0.15) is 6.42 Å². The van der Waals surface area contributed by atoms with Gasteiger partial charge in [0, 0.05) is 0 Å². The summed E-state index contributed by atoms with van der Waals surface area (Å²) in [7, 11) is 0. The van der Waals surface area contributed by atoms with Gasteiger partial charge in [-0.2, -0.15) is 5.26 Å². The highest BCUT2D eigenvalue weighted by Gasteiger charge is 2.06. The molecule has 1 aromatic rings. The molecule has 0 spiro atoms. The third-order valence-electron chi connectivity index (χ3n) is 2.13. The number of allylic oxidation sites excluding steroid dienone is 1. The van der Waals surface area contributed by atoms with Crippen molar-refractivity contribution in [2.75, 3.05) is 6.61 Å². The number of esters is 1. The van der Waals surface area contributed by atoms with Crippen molar-refractivity contribution in [1.82, 2.24) is 0 Å². The molecular formula is C14H13NO3. The smallest absolute Gasteiger partial charge is 0.313 e. The number of ketones is 1. The van der Waals surface area contributed by atoms with Crippen LogP contribution in [0, 0.1) is 11.3 Å². The van der Waals surface area contributed by atoms with Gasteiger partial charge in [-0.15, -0.1) is 0 Å². The molecule has 0 aliphatic carbocycles. The Balaban J connectivity index is 2.55. The van der Waals surface area contributed by atoms with Crippen LogP contribution in [0.4, 0.5) is 0 Å². The maximum atomic E-state index is 11.4. The number of carbonyl (C=O) groups excluding carboxylic acids is 2. The first-order chi connectivity index (χ1) is 8.65. The summed E-state index contributed by atoms with van der Waals surface area (Å²) in [4.78, 5) is 22.4. The summed E-state index contributed by atoms with van der Waals surface area (Å²) in [5.74, 6) is -0.829. The predicted molar refractivity (Wildman–Crippen MR) is 66.4 cm³/mol. The highest BCUT2D eigenvalue weighted by Crippen LogP contribution is 2.05. The molecule has 0 N–H and O–H groups in total. The zero-order chi connectivity index (χ0) is 13.4. The molecule has 1 aromatic carbocycles. The Kier molecular flexibility index (Phi) is 5.33. The number of hydrogen-bond donors (Lipinski definition) is 0. The number of benzene rings is 1. The van der Waals surface area contributed by atoms with Gasteiger partial charge in [-0.1, -0.05) is 18.2 Å². The highest BCUT2D eigenvalue weighted by atomic mass is 16.5. The summed E-state index contributed by atoms with van der Waals surface area (Å²) in [5.41, 5.74) is 1.36. The van der Waals surface area contributed by atoms with E-state index in [1.807, 2.05) is 6.07 Å². The molecule has 0 aromatic heterocycles. The first kappa shape index (κ1) is 13.7. The lowest BCUT2D eigenvalue weighted by Gasteiger charge is -1.98. The van der Waals surface area contributed by atoms with Crippen LogP contribution in [0.5, 0.6) is 0 Å². The molecule has 18 heavy (non-hydrogen) atoms. The fourth-order valence-corrected chi connectivity index (χ4v) is 1.27. The van der Waals surface area contributed by atoms with Crippen LogP contribution in [-0.4, -0.2) is 18.4 Å². The van der Waals surface area contributed by atoms with Crippen LogP contribution < -0.4 is 0 Å². The fraction of sp³-hybridized carbons (Fsp3) is 0.214. The number of rotatable bonds is 5. The Morgan fingerprint density at radius 2 is 2.00 bits per heavy atom. The summed E-state index contributed by atoms with van der Waals surface area (Å²) in [6.07, 6.45) is 2.68. The number of carbonyl (C=O) groups is 2. The lowest BCUT2D eigenvalue weighted by molar-refractivity contribution is -0.144. The minimum Gasteiger partial charge on any atom is -0.466 e. The SMILES string of the molecule is CCOC(=O)CC(=O)C=Cc1ccc(C#N)cc1. The largest absolute Gasteiger partial charge is 0.466 e. The number of ether oxygens (including phenoxy) is 1. The molecule has 0 fully saturated rings. The second-order valence-electron chi connectivity index (χ2n) is 3.52. The minimum absolute atomic E-state index is 0.249. The van der Waals surface area contributed by atoms with Crippen molar-refractivity contribution >= 4 is 17.8 Å². The van der Waals surface area contributed by atoms with Crippen molar-refractivity contribution < 1.29 is 14.3 Å². The van der Waals surface area contributed by atoms with Crippen LogP contribution in [0.1, 0.15) is 24.5 Å². The molecular weight excluding hydrogens is 230 g/mol. The molecule has 4 nitrogen and oxygen atoms in total. The normalized spacial score (nSPS) is 10.0. The van der Waals surface area contributed by atoms with Crippen molar-refractivity contribution in [3.8, 4) is 6.07 Å². The van der Waals surface area contributed by atoms with E-state index in [0.717, 1.165) is 5.56 Å². The van der Waals surface area contributed by atoms with Gasteiger partial charge in [0.25, 0.3) is 0 Å². The Morgan fingerprint density at radius 1 is 1.33 bits per heavy atom. The van der Waals surface area contributed by atoms with Gasteiger partial charge in [0.2, 0.25) is 0 Å². The first-order valence-electron chi connectivity index (χ1n) is 5.52. The van der Waals surface area contributed by atoms with Crippen LogP contribution in [0.15, 0.2) is 30.3 Å². The van der Waals surface area contributed by atoms with Gasteiger partial charge in [0.15, 0.2) is 5.78 Å². The lowest BCUT2D eigenvalue weighted by atomic mass is 10.1. The van der Waals surface area contributed by atoms with E-state index in [4.69, 9.17) is 5.26 Å².